The normalized spacial score (nSPS) is 11.2. The van der Waals surface area contributed by atoms with Gasteiger partial charge in [-0.1, -0.05) is 44.0 Å². The molecule has 18 heavy (non-hydrogen) atoms. The molecule has 0 unspecified atom stereocenters. The Morgan fingerprint density at radius 3 is 2.28 bits per heavy atom. The molecule has 1 amide bonds. The maximum absolute atomic E-state index is 11.8. The zero-order valence-electron chi connectivity index (χ0n) is 10.5. The van der Waals surface area contributed by atoms with Crippen LogP contribution in [-0.4, -0.2) is 18.2 Å². The van der Waals surface area contributed by atoms with Crippen LogP contribution in [0.2, 0.25) is 10.0 Å². The number of hydrogen-bond donors (Lipinski definition) is 1. The van der Waals surface area contributed by atoms with Crippen LogP contribution in [-0.2, 0) is 4.79 Å². The van der Waals surface area contributed by atoms with Gasteiger partial charge in [0.25, 0.3) is 5.91 Å². The number of benzene rings is 1. The van der Waals surface area contributed by atoms with E-state index in [1.54, 1.807) is 32.9 Å². The first-order valence-electron chi connectivity index (χ1n) is 5.48. The van der Waals surface area contributed by atoms with Crippen molar-refractivity contribution in [3.63, 3.8) is 0 Å². The maximum atomic E-state index is 11.8. The molecule has 0 aliphatic heterocycles. The van der Waals surface area contributed by atoms with Crippen molar-refractivity contribution in [1.29, 1.82) is 0 Å². The SMILES string of the molecule is CC(C)(C)C(=O)CNC(=O)c1ccc(Cl)c(Cl)c1. The van der Waals surface area contributed by atoms with E-state index in [2.05, 4.69) is 5.32 Å². The van der Waals surface area contributed by atoms with E-state index < -0.39 is 5.41 Å². The number of hydrogen-bond acceptors (Lipinski definition) is 2. The van der Waals surface area contributed by atoms with Crippen molar-refractivity contribution in [2.75, 3.05) is 6.54 Å². The molecule has 1 N–H and O–H groups in total. The smallest absolute Gasteiger partial charge is 0.251 e. The second-order valence-corrected chi connectivity index (χ2v) is 5.80. The number of halogens is 2. The zero-order chi connectivity index (χ0) is 13.9. The van der Waals surface area contributed by atoms with E-state index in [9.17, 15) is 9.59 Å². The van der Waals surface area contributed by atoms with Crippen LogP contribution in [0.5, 0.6) is 0 Å². The molecule has 1 aromatic rings. The summed E-state index contributed by atoms with van der Waals surface area (Å²) >= 11 is 11.6. The van der Waals surface area contributed by atoms with E-state index in [1.807, 2.05) is 0 Å². The molecule has 1 rings (SSSR count). The Hall–Kier alpha value is -1.06. The van der Waals surface area contributed by atoms with E-state index in [0.29, 0.717) is 15.6 Å². The van der Waals surface area contributed by atoms with E-state index >= 15 is 0 Å². The summed E-state index contributed by atoms with van der Waals surface area (Å²) in [4.78, 5) is 23.4. The first kappa shape index (κ1) is 15.0. The highest BCUT2D eigenvalue weighted by Gasteiger charge is 2.21. The van der Waals surface area contributed by atoms with Crippen molar-refractivity contribution in [1.82, 2.24) is 5.32 Å². The third kappa shape index (κ3) is 4.00. The molecule has 0 radical (unpaired) electrons. The summed E-state index contributed by atoms with van der Waals surface area (Å²) in [6, 6.07) is 4.58. The highest BCUT2D eigenvalue weighted by atomic mass is 35.5. The number of amides is 1. The number of carbonyl (C=O) groups excluding carboxylic acids is 2. The minimum atomic E-state index is -0.467. The second-order valence-electron chi connectivity index (χ2n) is 4.98. The van der Waals surface area contributed by atoms with Crippen molar-refractivity contribution < 1.29 is 9.59 Å². The van der Waals surface area contributed by atoms with E-state index in [0.717, 1.165) is 0 Å². The van der Waals surface area contributed by atoms with Crippen LogP contribution in [0.3, 0.4) is 0 Å². The van der Waals surface area contributed by atoms with Crippen LogP contribution in [0.1, 0.15) is 31.1 Å². The van der Waals surface area contributed by atoms with Gasteiger partial charge in [-0.3, -0.25) is 9.59 Å². The fraction of sp³-hybridized carbons (Fsp3) is 0.385. The Balaban J connectivity index is 2.66. The van der Waals surface area contributed by atoms with Gasteiger partial charge in [0, 0.05) is 11.0 Å². The lowest BCUT2D eigenvalue weighted by Gasteiger charge is -2.16. The number of rotatable bonds is 3. The molecule has 0 aliphatic rings. The molecular weight excluding hydrogens is 273 g/mol. The minimum absolute atomic E-state index is 0.00256. The summed E-state index contributed by atoms with van der Waals surface area (Å²) in [6.45, 7) is 5.42. The van der Waals surface area contributed by atoms with Crippen molar-refractivity contribution in [3.05, 3.63) is 33.8 Å². The zero-order valence-corrected chi connectivity index (χ0v) is 12.0. The quantitative estimate of drug-likeness (QED) is 0.927. The molecule has 0 heterocycles. The Morgan fingerprint density at radius 2 is 1.78 bits per heavy atom. The largest absolute Gasteiger partial charge is 0.345 e. The van der Waals surface area contributed by atoms with Gasteiger partial charge >= 0.3 is 0 Å². The molecule has 1 aromatic carbocycles. The summed E-state index contributed by atoms with van der Waals surface area (Å²) in [5.41, 5.74) is -0.0867. The molecule has 0 atom stereocenters. The van der Waals surface area contributed by atoms with E-state index in [4.69, 9.17) is 23.2 Å². The predicted molar refractivity (Wildman–Crippen MR) is 73.3 cm³/mol. The lowest BCUT2D eigenvalue weighted by Crippen LogP contribution is -2.35. The lowest BCUT2D eigenvalue weighted by molar-refractivity contribution is -0.125. The molecule has 0 saturated heterocycles. The summed E-state index contributed by atoms with van der Waals surface area (Å²) < 4.78 is 0. The predicted octanol–water partition coefficient (Wildman–Crippen LogP) is 3.34. The van der Waals surface area contributed by atoms with Crippen LogP contribution in [0.15, 0.2) is 18.2 Å². The van der Waals surface area contributed by atoms with Gasteiger partial charge in [-0.15, -0.1) is 0 Å². The Labute approximate surface area is 116 Å². The molecule has 0 spiro atoms. The Bertz CT molecular complexity index is 478. The summed E-state index contributed by atoms with van der Waals surface area (Å²) in [6.07, 6.45) is 0. The molecule has 0 saturated carbocycles. The number of carbonyl (C=O) groups is 2. The minimum Gasteiger partial charge on any atom is -0.345 e. The highest BCUT2D eigenvalue weighted by molar-refractivity contribution is 6.42. The first-order chi connectivity index (χ1) is 8.21. The maximum Gasteiger partial charge on any atom is 0.251 e. The van der Waals surface area contributed by atoms with Crippen LogP contribution in [0.4, 0.5) is 0 Å². The molecule has 0 aliphatic carbocycles. The standard InChI is InChI=1S/C13H15Cl2NO2/c1-13(2,3)11(17)7-16-12(18)8-4-5-9(14)10(15)6-8/h4-6H,7H2,1-3H3,(H,16,18). The average Bonchev–Trinajstić information content (AvgIpc) is 2.27. The second kappa shape index (κ2) is 5.72. The third-order valence-corrected chi connectivity index (χ3v) is 3.17. The number of nitrogens with one attached hydrogen (secondary N) is 1. The van der Waals surface area contributed by atoms with Crippen molar-refractivity contribution in [2.45, 2.75) is 20.8 Å². The van der Waals surface area contributed by atoms with Gasteiger partial charge in [0.2, 0.25) is 0 Å². The van der Waals surface area contributed by atoms with Crippen molar-refractivity contribution >= 4 is 34.9 Å². The third-order valence-electron chi connectivity index (χ3n) is 2.43. The van der Waals surface area contributed by atoms with E-state index in [1.165, 1.54) is 6.07 Å². The fourth-order valence-corrected chi connectivity index (χ4v) is 1.46. The molecule has 3 nitrogen and oxygen atoms in total. The Kier molecular flexibility index (Phi) is 4.77. The van der Waals surface area contributed by atoms with Gasteiger partial charge in [0.05, 0.1) is 16.6 Å². The Morgan fingerprint density at radius 1 is 1.17 bits per heavy atom. The highest BCUT2D eigenvalue weighted by Crippen LogP contribution is 2.22. The van der Waals surface area contributed by atoms with Gasteiger partial charge in [-0.25, -0.2) is 0 Å². The molecule has 5 heteroatoms. The number of ketones is 1. The first-order valence-corrected chi connectivity index (χ1v) is 6.24. The monoisotopic (exact) mass is 287 g/mol. The summed E-state index contributed by atoms with van der Waals surface area (Å²) in [7, 11) is 0. The van der Waals surface area contributed by atoms with Gasteiger partial charge in [-0.2, -0.15) is 0 Å². The van der Waals surface area contributed by atoms with Gasteiger partial charge < -0.3 is 5.32 Å². The molecule has 0 fully saturated rings. The van der Waals surface area contributed by atoms with Crippen LogP contribution >= 0.6 is 23.2 Å². The fourth-order valence-electron chi connectivity index (χ4n) is 1.17. The number of Topliss-reactive ketones (excluding diaryl/α,β-unsaturated/α-hetero) is 1. The molecule has 98 valence electrons. The van der Waals surface area contributed by atoms with Crippen molar-refractivity contribution in [3.8, 4) is 0 Å². The summed E-state index contributed by atoms with van der Waals surface area (Å²) in [5, 5.41) is 3.26. The molecular formula is C13H15Cl2NO2. The van der Waals surface area contributed by atoms with Crippen LogP contribution < -0.4 is 5.32 Å². The van der Waals surface area contributed by atoms with Crippen LogP contribution in [0, 0.1) is 5.41 Å². The van der Waals surface area contributed by atoms with Crippen LogP contribution in [0.25, 0.3) is 0 Å². The summed E-state index contributed by atoms with van der Waals surface area (Å²) in [5.74, 6) is -0.373. The van der Waals surface area contributed by atoms with E-state index in [-0.39, 0.29) is 18.2 Å². The van der Waals surface area contributed by atoms with Gasteiger partial charge in [-0.05, 0) is 18.2 Å². The van der Waals surface area contributed by atoms with Crippen molar-refractivity contribution in [2.24, 2.45) is 5.41 Å². The average molecular weight is 288 g/mol. The topological polar surface area (TPSA) is 46.2 Å². The molecule has 0 bridgehead atoms. The lowest BCUT2D eigenvalue weighted by atomic mass is 9.91. The molecule has 0 aromatic heterocycles. The van der Waals surface area contributed by atoms with Gasteiger partial charge in [0.1, 0.15) is 0 Å². The van der Waals surface area contributed by atoms with Gasteiger partial charge in [0.15, 0.2) is 5.78 Å².